The van der Waals surface area contributed by atoms with Crippen LogP contribution in [0, 0.1) is 0 Å². The van der Waals surface area contributed by atoms with Gasteiger partial charge in [0, 0.05) is 36.8 Å². The maximum atomic E-state index is 11.9. The van der Waals surface area contributed by atoms with Crippen LogP contribution in [0.2, 0.25) is 5.02 Å². The number of nitrogens with one attached hydrogen (secondary N) is 2. The van der Waals surface area contributed by atoms with E-state index in [2.05, 4.69) is 25.6 Å². The fraction of sp³-hybridized carbons (Fsp3) is 0.200. The second kappa shape index (κ2) is 6.62. The van der Waals surface area contributed by atoms with E-state index in [4.69, 9.17) is 11.6 Å². The molecule has 2 heterocycles. The number of benzene rings is 1. The van der Waals surface area contributed by atoms with Gasteiger partial charge in [-0.05, 0) is 30.3 Å². The van der Waals surface area contributed by atoms with Gasteiger partial charge >= 0.3 is 0 Å². The molecule has 8 heteroatoms. The van der Waals surface area contributed by atoms with Gasteiger partial charge in [-0.1, -0.05) is 11.6 Å². The largest absolute Gasteiger partial charge is 0.350 e. The predicted octanol–water partition coefficient (Wildman–Crippen LogP) is 1.83. The Labute approximate surface area is 137 Å². The molecule has 0 aliphatic carbocycles. The van der Waals surface area contributed by atoms with Crippen LogP contribution < -0.4 is 5.32 Å². The van der Waals surface area contributed by atoms with Crippen molar-refractivity contribution in [3.8, 4) is 11.4 Å². The number of rotatable bonds is 5. The zero-order chi connectivity index (χ0) is 16.2. The van der Waals surface area contributed by atoms with Gasteiger partial charge in [-0.3, -0.25) is 14.6 Å². The van der Waals surface area contributed by atoms with Gasteiger partial charge in [0.25, 0.3) is 5.91 Å². The van der Waals surface area contributed by atoms with Crippen LogP contribution >= 0.6 is 11.6 Å². The van der Waals surface area contributed by atoms with Gasteiger partial charge < -0.3 is 5.32 Å². The molecule has 2 N–H and O–H groups in total. The van der Waals surface area contributed by atoms with Crippen LogP contribution in [0.1, 0.15) is 16.3 Å². The highest BCUT2D eigenvalue weighted by Crippen LogP contribution is 2.17. The summed E-state index contributed by atoms with van der Waals surface area (Å²) >= 11 is 5.86. The maximum absolute atomic E-state index is 11.9. The molecule has 0 spiro atoms. The van der Waals surface area contributed by atoms with Crippen LogP contribution in [-0.4, -0.2) is 37.4 Å². The Bertz CT molecular complexity index is 807. The van der Waals surface area contributed by atoms with Crippen LogP contribution in [0.4, 0.5) is 0 Å². The predicted molar refractivity (Wildman–Crippen MR) is 86.1 cm³/mol. The number of aromatic amines is 1. The van der Waals surface area contributed by atoms with E-state index in [-0.39, 0.29) is 5.91 Å². The zero-order valence-electron chi connectivity index (χ0n) is 12.5. The van der Waals surface area contributed by atoms with Gasteiger partial charge in [0.2, 0.25) is 0 Å². The molecule has 0 bridgehead atoms. The van der Waals surface area contributed by atoms with Crippen molar-refractivity contribution >= 4 is 17.5 Å². The number of H-pyrrole nitrogens is 1. The molecule has 0 saturated carbocycles. The summed E-state index contributed by atoms with van der Waals surface area (Å²) < 4.78 is 1.53. The summed E-state index contributed by atoms with van der Waals surface area (Å²) in [5.74, 6) is 1.15. The summed E-state index contributed by atoms with van der Waals surface area (Å²) in [7, 11) is 1.73. The number of amides is 1. The molecule has 0 aliphatic rings. The molecule has 23 heavy (non-hydrogen) atoms. The molecule has 7 nitrogen and oxygen atoms in total. The summed E-state index contributed by atoms with van der Waals surface area (Å²) in [6, 6.07) is 8.98. The van der Waals surface area contributed by atoms with Crippen molar-refractivity contribution in [2.45, 2.75) is 6.42 Å². The quantitative estimate of drug-likeness (QED) is 0.747. The number of halogens is 1. The first-order valence-corrected chi connectivity index (χ1v) is 7.44. The monoisotopic (exact) mass is 330 g/mol. The van der Waals surface area contributed by atoms with Crippen molar-refractivity contribution in [3.05, 3.63) is 53.1 Å². The molecular weight excluding hydrogens is 316 g/mol. The summed E-state index contributed by atoms with van der Waals surface area (Å²) in [4.78, 5) is 16.4. The molecule has 1 aromatic carbocycles. The van der Waals surface area contributed by atoms with E-state index in [9.17, 15) is 4.79 Å². The third-order valence-electron chi connectivity index (χ3n) is 3.34. The van der Waals surface area contributed by atoms with Gasteiger partial charge in [0.1, 0.15) is 11.5 Å². The van der Waals surface area contributed by atoms with E-state index >= 15 is 0 Å². The van der Waals surface area contributed by atoms with E-state index in [1.54, 1.807) is 31.4 Å². The Kier molecular flexibility index (Phi) is 4.38. The molecule has 0 atom stereocenters. The SMILES string of the molecule is Cn1nccc1C(=O)NCCc1nc(-c2ccc(Cl)cc2)n[nH]1. The maximum Gasteiger partial charge on any atom is 0.269 e. The average Bonchev–Trinajstić information content (AvgIpc) is 3.17. The number of hydrogen-bond donors (Lipinski definition) is 2. The van der Waals surface area contributed by atoms with Crippen molar-refractivity contribution in [1.82, 2.24) is 30.3 Å². The van der Waals surface area contributed by atoms with Crippen molar-refractivity contribution in [2.75, 3.05) is 6.54 Å². The van der Waals surface area contributed by atoms with Gasteiger partial charge in [-0.25, -0.2) is 4.98 Å². The molecule has 0 fully saturated rings. The molecule has 0 saturated heterocycles. The summed E-state index contributed by atoms with van der Waals surface area (Å²) in [5, 5.41) is 14.5. The summed E-state index contributed by atoms with van der Waals surface area (Å²) in [5.41, 5.74) is 1.40. The second-order valence-electron chi connectivity index (χ2n) is 4.96. The Morgan fingerprint density at radius 2 is 2.09 bits per heavy atom. The second-order valence-corrected chi connectivity index (χ2v) is 5.39. The number of carbonyl (C=O) groups excluding carboxylic acids is 1. The molecule has 0 radical (unpaired) electrons. The minimum Gasteiger partial charge on any atom is -0.350 e. The molecule has 3 rings (SSSR count). The standard InChI is InChI=1S/C15H15ClN6O/c1-22-12(6-9-18-22)15(23)17-8-7-13-19-14(21-20-13)10-2-4-11(16)5-3-10/h2-6,9H,7-8H2,1H3,(H,17,23)(H,19,20,21). The van der Waals surface area contributed by atoms with E-state index in [0.717, 1.165) is 5.56 Å². The molecule has 1 amide bonds. The number of carbonyl (C=O) groups is 1. The zero-order valence-corrected chi connectivity index (χ0v) is 13.2. The van der Waals surface area contributed by atoms with Gasteiger partial charge in [-0.15, -0.1) is 0 Å². The van der Waals surface area contributed by atoms with E-state index < -0.39 is 0 Å². The van der Waals surface area contributed by atoms with E-state index in [1.165, 1.54) is 4.68 Å². The number of aromatic nitrogens is 5. The smallest absolute Gasteiger partial charge is 0.269 e. The van der Waals surface area contributed by atoms with Gasteiger partial charge in [0.05, 0.1) is 0 Å². The minimum absolute atomic E-state index is 0.164. The fourth-order valence-corrected chi connectivity index (χ4v) is 2.24. The molecular formula is C15H15ClN6O. The molecule has 3 aromatic rings. The van der Waals surface area contributed by atoms with Crippen molar-refractivity contribution in [1.29, 1.82) is 0 Å². The van der Waals surface area contributed by atoms with E-state index in [1.807, 2.05) is 12.1 Å². The highest BCUT2D eigenvalue weighted by atomic mass is 35.5. The summed E-state index contributed by atoms with van der Waals surface area (Å²) in [6.45, 7) is 0.458. The normalized spacial score (nSPS) is 10.7. The van der Waals surface area contributed by atoms with Crippen LogP contribution in [0.15, 0.2) is 36.5 Å². The lowest BCUT2D eigenvalue weighted by molar-refractivity contribution is 0.0944. The molecule has 0 aliphatic heterocycles. The minimum atomic E-state index is -0.164. The van der Waals surface area contributed by atoms with Crippen molar-refractivity contribution in [2.24, 2.45) is 7.05 Å². The molecule has 118 valence electrons. The molecule has 0 unspecified atom stereocenters. The molecule has 2 aromatic heterocycles. The lowest BCUT2D eigenvalue weighted by atomic mass is 10.2. The third-order valence-corrected chi connectivity index (χ3v) is 3.59. The summed E-state index contributed by atoms with van der Waals surface area (Å²) in [6.07, 6.45) is 2.15. The first kappa shape index (κ1) is 15.2. The van der Waals surface area contributed by atoms with Gasteiger partial charge in [-0.2, -0.15) is 10.2 Å². The first-order chi connectivity index (χ1) is 11.1. The highest BCUT2D eigenvalue weighted by Gasteiger charge is 2.10. The highest BCUT2D eigenvalue weighted by molar-refractivity contribution is 6.30. The van der Waals surface area contributed by atoms with Crippen molar-refractivity contribution in [3.63, 3.8) is 0 Å². The lowest BCUT2D eigenvalue weighted by Gasteiger charge is -2.03. The number of nitrogens with zero attached hydrogens (tertiary/aromatic N) is 4. The Hall–Kier alpha value is -2.67. The Balaban J connectivity index is 1.56. The van der Waals surface area contributed by atoms with Crippen LogP contribution in [0.5, 0.6) is 0 Å². The first-order valence-electron chi connectivity index (χ1n) is 7.07. The third kappa shape index (κ3) is 3.57. The number of aryl methyl sites for hydroxylation is 1. The van der Waals surface area contributed by atoms with Crippen molar-refractivity contribution < 1.29 is 4.79 Å². The number of hydrogen-bond acceptors (Lipinski definition) is 4. The Morgan fingerprint density at radius 3 is 2.78 bits per heavy atom. The van der Waals surface area contributed by atoms with Crippen LogP contribution in [-0.2, 0) is 13.5 Å². The Morgan fingerprint density at radius 1 is 1.30 bits per heavy atom. The van der Waals surface area contributed by atoms with Crippen LogP contribution in [0.3, 0.4) is 0 Å². The topological polar surface area (TPSA) is 88.5 Å². The van der Waals surface area contributed by atoms with Gasteiger partial charge in [0.15, 0.2) is 5.82 Å². The lowest BCUT2D eigenvalue weighted by Crippen LogP contribution is -2.27. The average molecular weight is 331 g/mol. The van der Waals surface area contributed by atoms with E-state index in [0.29, 0.717) is 35.3 Å². The fourth-order valence-electron chi connectivity index (χ4n) is 2.12. The van der Waals surface area contributed by atoms with Crippen LogP contribution in [0.25, 0.3) is 11.4 Å².